The van der Waals surface area contributed by atoms with Gasteiger partial charge in [-0.05, 0) is 24.1 Å². The summed E-state index contributed by atoms with van der Waals surface area (Å²) >= 11 is 0. The summed E-state index contributed by atoms with van der Waals surface area (Å²) < 4.78 is 5.80. The van der Waals surface area contributed by atoms with Crippen LogP contribution >= 0.6 is 0 Å². The third-order valence-corrected chi connectivity index (χ3v) is 4.78. The lowest BCUT2D eigenvalue weighted by molar-refractivity contribution is -0.128. The Balaban J connectivity index is 1.58. The normalized spacial score (nSPS) is 15.0. The number of ether oxygens (including phenoxy) is 1. The van der Waals surface area contributed by atoms with Crippen LogP contribution < -0.4 is 20.3 Å². The van der Waals surface area contributed by atoms with Crippen LogP contribution in [0.1, 0.15) is 25.3 Å². The molecule has 3 rings (SSSR count). The van der Waals surface area contributed by atoms with Gasteiger partial charge in [-0.3, -0.25) is 14.4 Å². The van der Waals surface area contributed by atoms with Gasteiger partial charge in [0.2, 0.25) is 11.8 Å². The van der Waals surface area contributed by atoms with Gasteiger partial charge in [0, 0.05) is 19.5 Å². The number of hydrogen-bond donors (Lipinski definition) is 2. The van der Waals surface area contributed by atoms with E-state index in [9.17, 15) is 14.4 Å². The molecule has 0 fully saturated rings. The van der Waals surface area contributed by atoms with Crippen molar-refractivity contribution >= 4 is 23.4 Å². The number of fused-ring (bicyclic) bond motifs is 1. The summed E-state index contributed by atoms with van der Waals surface area (Å²) in [5, 5.41) is 5.60. The minimum Gasteiger partial charge on any atom is -0.477 e. The van der Waals surface area contributed by atoms with E-state index in [1.807, 2.05) is 43.3 Å². The van der Waals surface area contributed by atoms with Gasteiger partial charge < -0.3 is 20.3 Å². The number of para-hydroxylation sites is 2. The number of benzene rings is 2. The van der Waals surface area contributed by atoms with Crippen molar-refractivity contribution in [3.05, 3.63) is 60.2 Å². The number of hydrogen-bond acceptors (Lipinski definition) is 4. The first-order valence-electron chi connectivity index (χ1n) is 10.2. The minimum absolute atomic E-state index is 0.131. The quantitative estimate of drug-likeness (QED) is 0.699. The highest BCUT2D eigenvalue weighted by atomic mass is 16.5. The molecule has 2 aromatic rings. The van der Waals surface area contributed by atoms with Crippen LogP contribution in [0.15, 0.2) is 54.6 Å². The minimum atomic E-state index is -0.761. The van der Waals surface area contributed by atoms with Crippen LogP contribution in [0, 0.1) is 0 Å². The summed E-state index contributed by atoms with van der Waals surface area (Å²) in [5.74, 6) is -0.0329. The maximum absolute atomic E-state index is 12.9. The topological polar surface area (TPSA) is 87.7 Å². The van der Waals surface area contributed by atoms with Crippen molar-refractivity contribution in [3.63, 3.8) is 0 Å². The van der Waals surface area contributed by atoms with Crippen LogP contribution in [-0.4, -0.2) is 43.5 Å². The standard InChI is InChI=1S/C23H27N3O4/c1-2-13-25-23(29)20-16-26(18-10-6-7-11-19(18)30-20)22(28)12-14-24-21(27)15-17-8-4-3-5-9-17/h3-11,20H,2,12-16H2,1H3,(H,24,27)(H,25,29)/t20-/m1/s1. The Kier molecular flexibility index (Phi) is 7.43. The highest BCUT2D eigenvalue weighted by Gasteiger charge is 2.33. The predicted octanol–water partition coefficient (Wildman–Crippen LogP) is 2.06. The molecular formula is C23H27N3O4. The summed E-state index contributed by atoms with van der Waals surface area (Å²) in [6.07, 6.45) is 0.469. The Labute approximate surface area is 176 Å². The molecule has 0 radical (unpaired) electrons. The van der Waals surface area contributed by atoms with Gasteiger partial charge in [0.15, 0.2) is 6.10 Å². The summed E-state index contributed by atoms with van der Waals surface area (Å²) in [6.45, 7) is 2.90. The molecule has 1 heterocycles. The van der Waals surface area contributed by atoms with Crippen molar-refractivity contribution < 1.29 is 19.1 Å². The average Bonchev–Trinajstić information content (AvgIpc) is 2.77. The molecule has 7 heteroatoms. The fourth-order valence-corrected chi connectivity index (χ4v) is 3.26. The first-order valence-corrected chi connectivity index (χ1v) is 10.2. The van der Waals surface area contributed by atoms with Gasteiger partial charge in [-0.25, -0.2) is 0 Å². The Hall–Kier alpha value is -3.35. The molecule has 158 valence electrons. The molecule has 0 aromatic heterocycles. The molecule has 0 unspecified atom stereocenters. The van der Waals surface area contributed by atoms with Gasteiger partial charge in [-0.1, -0.05) is 49.4 Å². The van der Waals surface area contributed by atoms with Crippen molar-refractivity contribution in [1.82, 2.24) is 10.6 Å². The molecule has 2 N–H and O–H groups in total. The molecule has 0 saturated heterocycles. The summed E-state index contributed by atoms with van der Waals surface area (Å²) in [4.78, 5) is 38.9. The predicted molar refractivity (Wildman–Crippen MR) is 114 cm³/mol. The molecule has 2 aromatic carbocycles. The number of carbonyl (C=O) groups excluding carboxylic acids is 3. The van der Waals surface area contributed by atoms with E-state index in [0.29, 0.717) is 18.0 Å². The fourth-order valence-electron chi connectivity index (χ4n) is 3.26. The average molecular weight is 409 g/mol. The third kappa shape index (κ3) is 5.59. The van der Waals surface area contributed by atoms with Crippen LogP contribution in [0.4, 0.5) is 5.69 Å². The van der Waals surface area contributed by atoms with E-state index in [1.165, 1.54) is 0 Å². The first kappa shape index (κ1) is 21.4. The number of anilines is 1. The molecule has 0 aliphatic carbocycles. The fraction of sp³-hybridized carbons (Fsp3) is 0.348. The zero-order chi connectivity index (χ0) is 21.3. The SMILES string of the molecule is CCCNC(=O)[C@H]1CN(C(=O)CCNC(=O)Cc2ccccc2)c2ccccc2O1. The molecule has 1 aliphatic heterocycles. The largest absolute Gasteiger partial charge is 0.477 e. The lowest BCUT2D eigenvalue weighted by atomic mass is 10.1. The van der Waals surface area contributed by atoms with Gasteiger partial charge in [0.25, 0.3) is 5.91 Å². The summed E-state index contributed by atoms with van der Waals surface area (Å²) in [7, 11) is 0. The molecule has 0 bridgehead atoms. The van der Waals surface area contributed by atoms with Gasteiger partial charge in [-0.2, -0.15) is 0 Å². The molecule has 1 atom stereocenters. The number of nitrogens with zero attached hydrogens (tertiary/aromatic N) is 1. The van der Waals surface area contributed by atoms with Gasteiger partial charge in [-0.15, -0.1) is 0 Å². The lowest BCUT2D eigenvalue weighted by Crippen LogP contribution is -2.51. The summed E-state index contributed by atoms with van der Waals surface area (Å²) in [6, 6.07) is 16.6. The van der Waals surface area contributed by atoms with Crippen LogP contribution in [-0.2, 0) is 20.8 Å². The third-order valence-electron chi connectivity index (χ3n) is 4.78. The van der Waals surface area contributed by atoms with Crippen molar-refractivity contribution in [2.45, 2.75) is 32.3 Å². The van der Waals surface area contributed by atoms with Gasteiger partial charge >= 0.3 is 0 Å². The lowest BCUT2D eigenvalue weighted by Gasteiger charge is -2.34. The van der Waals surface area contributed by atoms with Gasteiger partial charge in [0.05, 0.1) is 18.7 Å². The second-order valence-electron chi connectivity index (χ2n) is 7.13. The zero-order valence-electron chi connectivity index (χ0n) is 17.1. The van der Waals surface area contributed by atoms with Crippen LogP contribution in [0.5, 0.6) is 5.75 Å². The number of carbonyl (C=O) groups is 3. The Morgan fingerprint density at radius 1 is 1.00 bits per heavy atom. The smallest absolute Gasteiger partial charge is 0.262 e. The molecular weight excluding hydrogens is 382 g/mol. The number of nitrogens with one attached hydrogen (secondary N) is 2. The van der Waals surface area contributed by atoms with Crippen molar-refractivity contribution in [2.24, 2.45) is 0 Å². The van der Waals surface area contributed by atoms with E-state index in [2.05, 4.69) is 10.6 Å². The van der Waals surface area contributed by atoms with E-state index in [1.54, 1.807) is 23.1 Å². The zero-order valence-corrected chi connectivity index (χ0v) is 17.1. The van der Waals surface area contributed by atoms with Crippen molar-refractivity contribution in [1.29, 1.82) is 0 Å². The second kappa shape index (κ2) is 10.4. The molecule has 30 heavy (non-hydrogen) atoms. The second-order valence-corrected chi connectivity index (χ2v) is 7.13. The highest BCUT2D eigenvalue weighted by molar-refractivity contribution is 5.97. The maximum atomic E-state index is 12.9. The Morgan fingerprint density at radius 2 is 1.73 bits per heavy atom. The van der Waals surface area contributed by atoms with Crippen LogP contribution in [0.3, 0.4) is 0 Å². The Morgan fingerprint density at radius 3 is 2.50 bits per heavy atom. The monoisotopic (exact) mass is 409 g/mol. The first-order chi connectivity index (χ1) is 14.6. The van der Waals surface area contributed by atoms with Crippen LogP contribution in [0.25, 0.3) is 0 Å². The number of rotatable bonds is 8. The van der Waals surface area contributed by atoms with E-state index >= 15 is 0 Å². The van der Waals surface area contributed by atoms with E-state index in [0.717, 1.165) is 12.0 Å². The summed E-state index contributed by atoms with van der Waals surface area (Å²) in [5.41, 5.74) is 1.56. The van der Waals surface area contributed by atoms with Gasteiger partial charge in [0.1, 0.15) is 5.75 Å². The number of amides is 3. The van der Waals surface area contributed by atoms with E-state index in [4.69, 9.17) is 4.74 Å². The molecule has 0 saturated carbocycles. The molecule has 3 amide bonds. The highest BCUT2D eigenvalue weighted by Crippen LogP contribution is 2.33. The van der Waals surface area contributed by atoms with E-state index < -0.39 is 6.10 Å². The van der Waals surface area contributed by atoms with Crippen molar-refractivity contribution in [2.75, 3.05) is 24.5 Å². The molecule has 7 nitrogen and oxygen atoms in total. The van der Waals surface area contributed by atoms with E-state index in [-0.39, 0.29) is 43.7 Å². The molecule has 1 aliphatic rings. The van der Waals surface area contributed by atoms with Crippen molar-refractivity contribution in [3.8, 4) is 5.75 Å². The van der Waals surface area contributed by atoms with Crippen LogP contribution in [0.2, 0.25) is 0 Å². The Bertz CT molecular complexity index is 885. The molecule has 0 spiro atoms. The maximum Gasteiger partial charge on any atom is 0.262 e.